The molecule has 1 aliphatic rings. The minimum atomic E-state index is -3.75. The zero-order chi connectivity index (χ0) is 20.3. The summed E-state index contributed by atoms with van der Waals surface area (Å²) in [5.41, 5.74) is 0.586. The van der Waals surface area contributed by atoms with Crippen LogP contribution < -0.4 is 0 Å². The number of carbonyl (C=O) groups is 2. The van der Waals surface area contributed by atoms with E-state index in [1.807, 2.05) is 6.07 Å². The number of thiophene rings is 1. The fraction of sp³-hybridized carbons (Fsp3) is 0.368. The molecule has 0 saturated carbocycles. The first-order chi connectivity index (χ1) is 13.3. The highest BCUT2D eigenvalue weighted by Gasteiger charge is 2.36. The maximum Gasteiger partial charge on any atom is 0.348 e. The molecule has 0 spiro atoms. The molecule has 2 heterocycles. The molecule has 7 nitrogen and oxygen atoms in total. The van der Waals surface area contributed by atoms with Crippen LogP contribution in [-0.4, -0.2) is 61.8 Å². The zero-order valence-corrected chi connectivity index (χ0v) is 17.3. The number of benzene rings is 1. The van der Waals surface area contributed by atoms with Gasteiger partial charge in [0.1, 0.15) is 9.09 Å². The first kappa shape index (κ1) is 20.5. The van der Waals surface area contributed by atoms with Crippen LogP contribution in [0.1, 0.15) is 33.9 Å². The summed E-state index contributed by atoms with van der Waals surface area (Å²) in [7, 11) is -3.75. The highest BCUT2D eigenvalue weighted by Crippen LogP contribution is 2.28. The molecule has 0 N–H and O–H groups in total. The molecular weight excluding hydrogens is 400 g/mol. The van der Waals surface area contributed by atoms with E-state index in [9.17, 15) is 18.0 Å². The van der Waals surface area contributed by atoms with Crippen molar-refractivity contribution in [3.8, 4) is 0 Å². The fourth-order valence-corrected chi connectivity index (χ4v) is 6.07. The van der Waals surface area contributed by atoms with Gasteiger partial charge >= 0.3 is 5.97 Å². The van der Waals surface area contributed by atoms with Crippen LogP contribution in [0.3, 0.4) is 0 Å². The van der Waals surface area contributed by atoms with Crippen molar-refractivity contribution in [1.82, 2.24) is 9.21 Å². The summed E-state index contributed by atoms with van der Waals surface area (Å²) in [4.78, 5) is 26.4. The SMILES string of the molecule is CCOC(=O)c1ccc(S(=O)(=O)N2CCN(C(=O)c3ccccc3)CC2C)s1. The van der Waals surface area contributed by atoms with Crippen LogP contribution in [0.4, 0.5) is 0 Å². The van der Waals surface area contributed by atoms with E-state index in [1.54, 1.807) is 43.0 Å². The van der Waals surface area contributed by atoms with Gasteiger partial charge in [0.15, 0.2) is 0 Å². The van der Waals surface area contributed by atoms with Gasteiger partial charge < -0.3 is 9.64 Å². The van der Waals surface area contributed by atoms with Crippen LogP contribution in [-0.2, 0) is 14.8 Å². The Balaban J connectivity index is 1.73. The summed E-state index contributed by atoms with van der Waals surface area (Å²) in [5, 5.41) is 0. The summed E-state index contributed by atoms with van der Waals surface area (Å²) >= 11 is 0.903. The van der Waals surface area contributed by atoms with Crippen molar-refractivity contribution in [2.45, 2.75) is 24.1 Å². The molecule has 2 aromatic rings. The smallest absolute Gasteiger partial charge is 0.348 e. The number of rotatable bonds is 5. The molecule has 0 aliphatic carbocycles. The Morgan fingerprint density at radius 2 is 1.86 bits per heavy atom. The summed E-state index contributed by atoms with van der Waals surface area (Å²) in [6.07, 6.45) is 0. The van der Waals surface area contributed by atoms with Gasteiger partial charge in [-0.2, -0.15) is 4.31 Å². The maximum absolute atomic E-state index is 13.0. The molecule has 0 radical (unpaired) electrons. The average Bonchev–Trinajstić information content (AvgIpc) is 3.19. The molecule has 28 heavy (non-hydrogen) atoms. The van der Waals surface area contributed by atoms with Crippen LogP contribution in [0.25, 0.3) is 0 Å². The largest absolute Gasteiger partial charge is 0.462 e. The van der Waals surface area contributed by atoms with Gasteiger partial charge in [-0.05, 0) is 38.1 Å². The monoisotopic (exact) mass is 422 g/mol. The Labute approximate surface area is 168 Å². The molecule has 150 valence electrons. The highest BCUT2D eigenvalue weighted by molar-refractivity contribution is 7.91. The van der Waals surface area contributed by atoms with Crippen LogP contribution in [0.2, 0.25) is 0 Å². The number of ether oxygens (including phenoxy) is 1. The third-order valence-electron chi connectivity index (χ3n) is 4.50. The van der Waals surface area contributed by atoms with Crippen molar-refractivity contribution in [2.75, 3.05) is 26.2 Å². The van der Waals surface area contributed by atoms with Gasteiger partial charge in [0.05, 0.1) is 6.61 Å². The van der Waals surface area contributed by atoms with Crippen molar-refractivity contribution >= 4 is 33.2 Å². The van der Waals surface area contributed by atoms with Gasteiger partial charge in [-0.15, -0.1) is 11.3 Å². The number of carbonyl (C=O) groups excluding carboxylic acids is 2. The minimum absolute atomic E-state index is 0.102. The predicted octanol–water partition coefficient (Wildman–Crippen LogP) is 2.46. The van der Waals surface area contributed by atoms with E-state index < -0.39 is 16.0 Å². The molecular formula is C19H22N2O5S2. The normalized spacial score (nSPS) is 18.1. The van der Waals surface area contributed by atoms with Crippen molar-refractivity contribution in [2.24, 2.45) is 0 Å². The van der Waals surface area contributed by atoms with Crippen LogP contribution in [0.5, 0.6) is 0 Å². The second kappa shape index (κ2) is 8.42. The van der Waals surface area contributed by atoms with Crippen LogP contribution >= 0.6 is 11.3 Å². The van der Waals surface area contributed by atoms with E-state index in [0.29, 0.717) is 18.7 Å². The standard InChI is InChI=1S/C19H22N2O5S2/c1-3-26-19(23)16-9-10-17(27-16)28(24,25)21-12-11-20(13-14(21)2)18(22)15-7-5-4-6-8-15/h4-10,14H,3,11-13H2,1-2H3. The van der Waals surface area contributed by atoms with E-state index in [1.165, 1.54) is 16.4 Å². The minimum Gasteiger partial charge on any atom is -0.462 e. The number of amides is 1. The molecule has 1 atom stereocenters. The fourth-order valence-electron chi connectivity index (χ4n) is 3.13. The lowest BCUT2D eigenvalue weighted by atomic mass is 10.1. The Kier molecular flexibility index (Phi) is 6.17. The number of nitrogens with zero attached hydrogens (tertiary/aromatic N) is 2. The van der Waals surface area contributed by atoms with E-state index in [-0.39, 0.29) is 34.2 Å². The molecule has 1 amide bonds. The van der Waals surface area contributed by atoms with E-state index in [4.69, 9.17) is 4.74 Å². The van der Waals surface area contributed by atoms with Crippen molar-refractivity contribution in [1.29, 1.82) is 0 Å². The van der Waals surface area contributed by atoms with Crippen molar-refractivity contribution in [3.63, 3.8) is 0 Å². The molecule has 1 aromatic carbocycles. The average molecular weight is 423 g/mol. The second-order valence-corrected chi connectivity index (χ2v) is 9.62. The third kappa shape index (κ3) is 4.11. The molecule has 9 heteroatoms. The lowest BCUT2D eigenvalue weighted by Gasteiger charge is -2.38. The summed E-state index contributed by atoms with van der Waals surface area (Å²) < 4.78 is 32.5. The third-order valence-corrected chi connectivity index (χ3v) is 8.04. The second-order valence-electron chi connectivity index (χ2n) is 6.42. The Bertz CT molecular complexity index is 956. The molecule has 1 aromatic heterocycles. The number of piperazine rings is 1. The first-order valence-corrected chi connectivity index (χ1v) is 11.2. The van der Waals surface area contributed by atoms with Crippen molar-refractivity contribution in [3.05, 3.63) is 52.9 Å². The zero-order valence-electron chi connectivity index (χ0n) is 15.7. The van der Waals surface area contributed by atoms with Crippen molar-refractivity contribution < 1.29 is 22.7 Å². The van der Waals surface area contributed by atoms with Gasteiger partial charge in [-0.25, -0.2) is 13.2 Å². The number of hydrogen-bond donors (Lipinski definition) is 0. The number of sulfonamides is 1. The molecule has 1 fully saturated rings. The highest BCUT2D eigenvalue weighted by atomic mass is 32.2. The van der Waals surface area contributed by atoms with Gasteiger partial charge in [-0.1, -0.05) is 18.2 Å². The summed E-state index contributed by atoms with van der Waals surface area (Å²) in [6, 6.07) is 11.5. The molecule has 0 bridgehead atoms. The summed E-state index contributed by atoms with van der Waals surface area (Å²) in [6.45, 7) is 4.53. The Morgan fingerprint density at radius 3 is 2.50 bits per heavy atom. The number of hydrogen-bond acceptors (Lipinski definition) is 6. The molecule has 1 saturated heterocycles. The van der Waals surface area contributed by atoms with E-state index >= 15 is 0 Å². The van der Waals surface area contributed by atoms with Gasteiger partial charge in [-0.3, -0.25) is 4.79 Å². The van der Waals surface area contributed by atoms with Gasteiger partial charge in [0.25, 0.3) is 15.9 Å². The number of esters is 1. The lowest BCUT2D eigenvalue weighted by molar-refractivity contribution is 0.0531. The quantitative estimate of drug-likeness (QED) is 0.691. The van der Waals surface area contributed by atoms with Crippen LogP contribution in [0.15, 0.2) is 46.7 Å². The van der Waals surface area contributed by atoms with E-state index in [2.05, 4.69) is 0 Å². The maximum atomic E-state index is 13.0. The van der Waals surface area contributed by atoms with Crippen LogP contribution in [0, 0.1) is 0 Å². The first-order valence-electron chi connectivity index (χ1n) is 8.97. The molecule has 3 rings (SSSR count). The Hall–Kier alpha value is -2.23. The molecule has 1 unspecified atom stereocenters. The molecule has 1 aliphatic heterocycles. The summed E-state index contributed by atoms with van der Waals surface area (Å²) in [5.74, 6) is -0.634. The van der Waals surface area contributed by atoms with E-state index in [0.717, 1.165) is 11.3 Å². The Morgan fingerprint density at radius 1 is 1.14 bits per heavy atom. The topological polar surface area (TPSA) is 84.0 Å². The van der Waals surface area contributed by atoms with Gasteiger partial charge in [0, 0.05) is 31.2 Å². The van der Waals surface area contributed by atoms with Gasteiger partial charge in [0.2, 0.25) is 0 Å². The predicted molar refractivity (Wildman–Crippen MR) is 106 cm³/mol. The lowest BCUT2D eigenvalue weighted by Crippen LogP contribution is -2.55.